The van der Waals surface area contributed by atoms with Crippen LogP contribution in [0.5, 0.6) is 5.75 Å². The molecule has 1 aliphatic rings. The van der Waals surface area contributed by atoms with E-state index in [1.807, 2.05) is 16.8 Å². The lowest BCUT2D eigenvalue weighted by molar-refractivity contribution is -0.274. The maximum Gasteiger partial charge on any atom is 0.573 e. The maximum atomic E-state index is 12.3. The van der Waals surface area contributed by atoms with E-state index >= 15 is 0 Å². The topological polar surface area (TPSA) is 69.0 Å². The van der Waals surface area contributed by atoms with E-state index in [4.69, 9.17) is 0 Å². The zero-order valence-electron chi connectivity index (χ0n) is 15.9. The number of amides is 1. The van der Waals surface area contributed by atoms with Crippen molar-refractivity contribution in [3.05, 3.63) is 66.1 Å². The summed E-state index contributed by atoms with van der Waals surface area (Å²) in [6, 6.07) is 10.7. The third kappa shape index (κ3) is 4.97. The van der Waals surface area contributed by atoms with E-state index in [0.29, 0.717) is 19.0 Å². The summed E-state index contributed by atoms with van der Waals surface area (Å²) in [5.74, 6) is -0.249. The van der Waals surface area contributed by atoms with Crippen molar-refractivity contribution >= 4 is 5.91 Å². The van der Waals surface area contributed by atoms with Crippen LogP contribution in [0.2, 0.25) is 0 Å². The van der Waals surface area contributed by atoms with E-state index in [9.17, 15) is 18.0 Å². The fraction of sp³-hybridized carbons (Fsp3) is 0.286. The van der Waals surface area contributed by atoms with Crippen LogP contribution in [0.3, 0.4) is 0 Å². The molecule has 9 heteroatoms. The van der Waals surface area contributed by atoms with Crippen LogP contribution in [0.1, 0.15) is 34.8 Å². The second-order valence-electron chi connectivity index (χ2n) is 7.02. The molecule has 0 unspecified atom stereocenters. The third-order valence-electron chi connectivity index (χ3n) is 4.74. The van der Waals surface area contributed by atoms with E-state index in [-0.39, 0.29) is 17.2 Å². The minimum atomic E-state index is -4.76. The van der Waals surface area contributed by atoms with E-state index < -0.39 is 6.36 Å². The van der Waals surface area contributed by atoms with Gasteiger partial charge in [-0.25, -0.2) is 0 Å². The number of hydrogen-bond donors (Lipinski definition) is 1. The lowest BCUT2D eigenvalue weighted by Gasteiger charge is -2.10. The molecule has 1 fully saturated rings. The molecule has 4 rings (SSSR count). The Balaban J connectivity index is 1.37. The number of aromatic nitrogens is 3. The Bertz CT molecular complexity index is 1010. The Hall–Kier alpha value is -3.36. The minimum absolute atomic E-state index is 0.255. The van der Waals surface area contributed by atoms with Gasteiger partial charge in [0.1, 0.15) is 5.75 Å². The predicted octanol–water partition coefficient (Wildman–Crippen LogP) is 4.15. The lowest BCUT2D eigenvalue weighted by atomic mass is 10.2. The molecule has 0 saturated heterocycles. The number of hydrogen-bond acceptors (Lipinski definition) is 4. The van der Waals surface area contributed by atoms with E-state index in [0.717, 1.165) is 41.9 Å². The van der Waals surface area contributed by atoms with Crippen LogP contribution in [0, 0.1) is 0 Å². The van der Waals surface area contributed by atoms with Crippen LogP contribution in [-0.2, 0) is 6.54 Å². The molecule has 1 saturated carbocycles. The van der Waals surface area contributed by atoms with Gasteiger partial charge in [-0.1, -0.05) is 0 Å². The summed E-state index contributed by atoms with van der Waals surface area (Å²) in [4.78, 5) is 16.3. The average Bonchev–Trinajstić information content (AvgIpc) is 3.48. The van der Waals surface area contributed by atoms with Gasteiger partial charge in [-0.2, -0.15) is 5.10 Å². The number of nitrogens with one attached hydrogen (secondary N) is 1. The second-order valence-corrected chi connectivity index (χ2v) is 7.02. The third-order valence-corrected chi connectivity index (χ3v) is 4.74. The van der Waals surface area contributed by atoms with Crippen molar-refractivity contribution in [3.63, 3.8) is 0 Å². The molecule has 1 amide bonds. The summed E-state index contributed by atoms with van der Waals surface area (Å²) in [5, 5.41) is 7.45. The number of carbonyl (C=O) groups excluding carboxylic acids is 1. The zero-order valence-corrected chi connectivity index (χ0v) is 15.9. The highest BCUT2D eigenvalue weighted by Gasteiger charge is 2.31. The Kier molecular flexibility index (Phi) is 5.43. The number of benzene rings is 1. The van der Waals surface area contributed by atoms with Crippen molar-refractivity contribution in [2.24, 2.45) is 0 Å². The SMILES string of the molecule is O=C(NCCn1nc(-c2ccncc2)cc1C1CC1)c1ccc(OC(F)(F)F)cc1. The van der Waals surface area contributed by atoms with Gasteiger partial charge in [0.05, 0.1) is 12.2 Å². The lowest BCUT2D eigenvalue weighted by Crippen LogP contribution is -2.28. The van der Waals surface area contributed by atoms with Gasteiger partial charge in [0, 0.05) is 41.7 Å². The molecule has 1 N–H and O–H groups in total. The van der Waals surface area contributed by atoms with Gasteiger partial charge in [-0.05, 0) is 55.3 Å². The highest BCUT2D eigenvalue weighted by molar-refractivity contribution is 5.94. The van der Waals surface area contributed by atoms with Crippen molar-refractivity contribution < 1.29 is 22.7 Å². The summed E-state index contributed by atoms with van der Waals surface area (Å²) in [6.07, 6.45) is 0.926. The van der Waals surface area contributed by atoms with Crippen LogP contribution in [0.4, 0.5) is 13.2 Å². The minimum Gasteiger partial charge on any atom is -0.406 e. The van der Waals surface area contributed by atoms with E-state index in [2.05, 4.69) is 26.2 Å². The number of halogens is 3. The largest absolute Gasteiger partial charge is 0.573 e. The molecule has 1 aromatic carbocycles. The number of ether oxygens (including phenoxy) is 1. The molecule has 156 valence electrons. The molecule has 6 nitrogen and oxygen atoms in total. The zero-order chi connectivity index (χ0) is 21.1. The summed E-state index contributed by atoms with van der Waals surface area (Å²) in [7, 11) is 0. The number of pyridine rings is 1. The quantitative estimate of drug-likeness (QED) is 0.628. The summed E-state index contributed by atoms with van der Waals surface area (Å²) < 4.78 is 42.4. The highest BCUT2D eigenvalue weighted by atomic mass is 19.4. The molecule has 0 atom stereocenters. The molecule has 2 aromatic heterocycles. The van der Waals surface area contributed by atoms with Crippen molar-refractivity contribution in [3.8, 4) is 17.0 Å². The van der Waals surface area contributed by atoms with Crippen molar-refractivity contribution in [1.29, 1.82) is 0 Å². The molecule has 0 spiro atoms. The van der Waals surface area contributed by atoms with Crippen LogP contribution in [0.25, 0.3) is 11.3 Å². The Morgan fingerprint density at radius 3 is 2.47 bits per heavy atom. The van der Waals surface area contributed by atoms with Crippen molar-refractivity contribution in [2.75, 3.05) is 6.54 Å². The summed E-state index contributed by atoms with van der Waals surface area (Å²) in [6.45, 7) is 0.842. The molecular formula is C21H19F3N4O2. The van der Waals surface area contributed by atoms with Gasteiger partial charge in [0.25, 0.3) is 5.91 Å². The van der Waals surface area contributed by atoms with Gasteiger partial charge >= 0.3 is 6.36 Å². The predicted molar refractivity (Wildman–Crippen MR) is 103 cm³/mol. The van der Waals surface area contributed by atoms with Crippen LogP contribution in [0.15, 0.2) is 54.9 Å². The monoisotopic (exact) mass is 416 g/mol. The smallest absolute Gasteiger partial charge is 0.406 e. The summed E-state index contributed by atoms with van der Waals surface area (Å²) >= 11 is 0. The van der Waals surface area contributed by atoms with Gasteiger partial charge in [0.15, 0.2) is 0 Å². The molecule has 0 bridgehead atoms. The number of rotatable bonds is 7. The molecule has 0 aliphatic heterocycles. The summed E-state index contributed by atoms with van der Waals surface area (Å²) in [5.41, 5.74) is 3.25. The first-order chi connectivity index (χ1) is 14.4. The maximum absolute atomic E-state index is 12.3. The Labute approximate surface area is 170 Å². The molecule has 3 aromatic rings. The first-order valence-corrected chi connectivity index (χ1v) is 9.51. The van der Waals surface area contributed by atoms with Gasteiger partial charge < -0.3 is 10.1 Å². The first kappa shape index (κ1) is 19.9. The molecule has 2 heterocycles. The standard InChI is InChI=1S/C21H19F3N4O2/c22-21(23,24)30-17-5-3-16(4-6-17)20(29)26-11-12-28-19(15-1-2-15)13-18(27-28)14-7-9-25-10-8-14/h3-10,13,15H,1-2,11-12H2,(H,26,29). The highest BCUT2D eigenvalue weighted by Crippen LogP contribution is 2.41. The van der Waals surface area contributed by atoms with Crippen LogP contribution in [-0.4, -0.2) is 33.6 Å². The normalized spacial score (nSPS) is 13.8. The van der Waals surface area contributed by atoms with Crippen LogP contribution < -0.4 is 10.1 Å². The number of alkyl halides is 3. The Morgan fingerprint density at radius 1 is 1.13 bits per heavy atom. The molecule has 1 aliphatic carbocycles. The van der Waals surface area contributed by atoms with Crippen molar-refractivity contribution in [2.45, 2.75) is 31.7 Å². The van der Waals surface area contributed by atoms with Gasteiger partial charge in [0.2, 0.25) is 0 Å². The first-order valence-electron chi connectivity index (χ1n) is 9.51. The van der Waals surface area contributed by atoms with Crippen molar-refractivity contribution in [1.82, 2.24) is 20.1 Å². The Morgan fingerprint density at radius 2 is 1.83 bits per heavy atom. The van der Waals surface area contributed by atoms with E-state index in [1.54, 1.807) is 12.4 Å². The molecule has 0 radical (unpaired) electrons. The fourth-order valence-corrected chi connectivity index (χ4v) is 3.17. The number of carbonyl (C=O) groups is 1. The molecule has 30 heavy (non-hydrogen) atoms. The van der Waals surface area contributed by atoms with Gasteiger partial charge in [-0.3, -0.25) is 14.5 Å². The number of nitrogens with zero attached hydrogens (tertiary/aromatic N) is 3. The molecular weight excluding hydrogens is 397 g/mol. The van der Waals surface area contributed by atoms with Crippen LogP contribution >= 0.6 is 0 Å². The average molecular weight is 416 g/mol. The van der Waals surface area contributed by atoms with Gasteiger partial charge in [-0.15, -0.1) is 13.2 Å². The second kappa shape index (κ2) is 8.17. The fourth-order valence-electron chi connectivity index (χ4n) is 3.17. The van der Waals surface area contributed by atoms with E-state index in [1.165, 1.54) is 12.1 Å².